The molecule has 4 heterocycles. The lowest BCUT2D eigenvalue weighted by molar-refractivity contribution is 0.0619. The molecule has 1 unspecified atom stereocenters. The van der Waals surface area contributed by atoms with Gasteiger partial charge < -0.3 is 14.8 Å². The predicted molar refractivity (Wildman–Crippen MR) is 102 cm³/mol. The van der Waals surface area contributed by atoms with Gasteiger partial charge in [-0.05, 0) is 30.5 Å². The molecule has 0 aromatic carbocycles. The van der Waals surface area contributed by atoms with Gasteiger partial charge >= 0.3 is 0 Å². The molecule has 3 aromatic heterocycles. The van der Waals surface area contributed by atoms with E-state index in [9.17, 15) is 4.79 Å². The van der Waals surface area contributed by atoms with E-state index in [-0.39, 0.29) is 11.9 Å². The van der Waals surface area contributed by atoms with E-state index in [0.717, 1.165) is 29.3 Å². The van der Waals surface area contributed by atoms with E-state index < -0.39 is 0 Å². The Kier molecular flexibility index (Phi) is 4.57. The average Bonchev–Trinajstić information content (AvgIpc) is 3.33. The average molecular weight is 367 g/mol. The minimum Gasteiger partial charge on any atom is -0.336 e. The van der Waals surface area contributed by atoms with Crippen LogP contribution in [0.1, 0.15) is 27.9 Å². The third-order valence-corrected chi connectivity index (χ3v) is 5.48. The van der Waals surface area contributed by atoms with E-state index in [1.807, 2.05) is 53.2 Å². The molecule has 3 aromatic rings. The Morgan fingerprint density at radius 3 is 2.92 bits per heavy atom. The van der Waals surface area contributed by atoms with Crippen LogP contribution in [0.15, 0.2) is 41.4 Å². The van der Waals surface area contributed by atoms with Crippen LogP contribution in [0.25, 0.3) is 11.3 Å². The molecule has 6 nitrogen and oxygen atoms in total. The number of nitrogens with zero attached hydrogens (tertiary/aromatic N) is 4. The van der Waals surface area contributed by atoms with E-state index in [1.165, 1.54) is 0 Å². The summed E-state index contributed by atoms with van der Waals surface area (Å²) in [5, 5.41) is 7.46. The first-order valence-electron chi connectivity index (χ1n) is 8.64. The third kappa shape index (κ3) is 3.04. The SMILES string of the molecule is Cc1nc(-c2ccsc2)ccc1C(=O)N1CCNCC1c1nccn1C. The van der Waals surface area contributed by atoms with Gasteiger partial charge in [0, 0.05) is 50.0 Å². The summed E-state index contributed by atoms with van der Waals surface area (Å²) < 4.78 is 1.97. The molecule has 1 aliphatic rings. The molecule has 1 atom stereocenters. The Morgan fingerprint density at radius 2 is 2.23 bits per heavy atom. The van der Waals surface area contributed by atoms with Gasteiger partial charge in [0.2, 0.25) is 0 Å². The number of pyridine rings is 1. The van der Waals surface area contributed by atoms with Crippen LogP contribution >= 0.6 is 11.3 Å². The highest BCUT2D eigenvalue weighted by molar-refractivity contribution is 7.08. The van der Waals surface area contributed by atoms with Crippen molar-refractivity contribution in [3.63, 3.8) is 0 Å². The van der Waals surface area contributed by atoms with Crippen LogP contribution in [-0.2, 0) is 7.05 Å². The van der Waals surface area contributed by atoms with Crippen LogP contribution in [0.3, 0.4) is 0 Å². The van der Waals surface area contributed by atoms with E-state index in [0.29, 0.717) is 18.7 Å². The molecule has 7 heteroatoms. The van der Waals surface area contributed by atoms with Gasteiger partial charge in [-0.3, -0.25) is 9.78 Å². The number of thiophene rings is 1. The largest absolute Gasteiger partial charge is 0.336 e. The lowest BCUT2D eigenvalue weighted by atomic mass is 10.1. The molecule has 134 valence electrons. The quantitative estimate of drug-likeness (QED) is 0.773. The van der Waals surface area contributed by atoms with Gasteiger partial charge in [0.05, 0.1) is 17.0 Å². The monoisotopic (exact) mass is 367 g/mol. The summed E-state index contributed by atoms with van der Waals surface area (Å²) in [5.74, 6) is 0.910. The number of hydrogen-bond donors (Lipinski definition) is 1. The van der Waals surface area contributed by atoms with Gasteiger partial charge in [-0.1, -0.05) is 0 Å². The first kappa shape index (κ1) is 16.9. The maximum Gasteiger partial charge on any atom is 0.256 e. The summed E-state index contributed by atoms with van der Waals surface area (Å²) in [4.78, 5) is 24.3. The lowest BCUT2D eigenvalue weighted by Crippen LogP contribution is -2.49. The van der Waals surface area contributed by atoms with Crippen molar-refractivity contribution >= 4 is 17.2 Å². The second kappa shape index (κ2) is 7.01. The normalized spacial score (nSPS) is 17.5. The highest BCUT2D eigenvalue weighted by Crippen LogP contribution is 2.26. The molecule has 1 saturated heterocycles. The summed E-state index contributed by atoms with van der Waals surface area (Å²) >= 11 is 1.64. The number of aryl methyl sites for hydroxylation is 2. The van der Waals surface area contributed by atoms with Crippen molar-refractivity contribution in [3.8, 4) is 11.3 Å². The fourth-order valence-corrected chi connectivity index (χ4v) is 4.04. The van der Waals surface area contributed by atoms with Crippen molar-refractivity contribution in [1.29, 1.82) is 0 Å². The number of imidazole rings is 1. The van der Waals surface area contributed by atoms with Crippen molar-refractivity contribution in [2.45, 2.75) is 13.0 Å². The highest BCUT2D eigenvalue weighted by atomic mass is 32.1. The predicted octanol–water partition coefficient (Wildman–Crippen LogP) is 2.64. The van der Waals surface area contributed by atoms with Crippen LogP contribution in [0.2, 0.25) is 0 Å². The Labute approximate surface area is 156 Å². The molecule has 1 amide bonds. The number of rotatable bonds is 3. The van der Waals surface area contributed by atoms with Crippen molar-refractivity contribution in [1.82, 2.24) is 24.8 Å². The molecule has 1 N–H and O–H groups in total. The Morgan fingerprint density at radius 1 is 1.35 bits per heavy atom. The number of amides is 1. The molecule has 0 aliphatic carbocycles. The summed E-state index contributed by atoms with van der Waals surface area (Å²) in [5.41, 5.74) is 3.41. The summed E-state index contributed by atoms with van der Waals surface area (Å²) in [6.07, 6.45) is 3.68. The van der Waals surface area contributed by atoms with Crippen molar-refractivity contribution in [2.24, 2.45) is 7.05 Å². The van der Waals surface area contributed by atoms with E-state index >= 15 is 0 Å². The third-order valence-electron chi connectivity index (χ3n) is 4.79. The zero-order chi connectivity index (χ0) is 18.1. The van der Waals surface area contributed by atoms with Crippen LogP contribution < -0.4 is 5.32 Å². The van der Waals surface area contributed by atoms with E-state index in [4.69, 9.17) is 0 Å². The zero-order valence-electron chi connectivity index (χ0n) is 14.8. The number of nitrogens with one attached hydrogen (secondary N) is 1. The van der Waals surface area contributed by atoms with Gasteiger partial charge in [0.25, 0.3) is 5.91 Å². The second-order valence-electron chi connectivity index (χ2n) is 6.46. The maximum absolute atomic E-state index is 13.3. The smallest absolute Gasteiger partial charge is 0.256 e. The van der Waals surface area contributed by atoms with E-state index in [1.54, 1.807) is 17.5 Å². The van der Waals surface area contributed by atoms with E-state index in [2.05, 4.69) is 20.7 Å². The Bertz CT molecular complexity index is 918. The molecule has 0 bridgehead atoms. The standard InChI is InChI=1S/C19H21N5OS/c1-13-15(3-4-16(22-13)14-5-10-26-12-14)19(25)24-9-6-20-11-17(24)18-21-7-8-23(18)2/h3-5,7-8,10,12,17,20H,6,9,11H2,1-2H3. The fraction of sp³-hybridized carbons (Fsp3) is 0.316. The topological polar surface area (TPSA) is 63.1 Å². The lowest BCUT2D eigenvalue weighted by Gasteiger charge is -2.36. The van der Waals surface area contributed by atoms with Gasteiger partial charge in [0.15, 0.2) is 0 Å². The molecule has 0 radical (unpaired) electrons. The summed E-state index contributed by atoms with van der Waals surface area (Å²) in [6, 6.07) is 5.80. The van der Waals surface area contributed by atoms with Crippen molar-refractivity contribution in [2.75, 3.05) is 19.6 Å². The summed E-state index contributed by atoms with van der Waals surface area (Å²) in [6.45, 7) is 4.05. The van der Waals surface area contributed by atoms with Crippen LogP contribution in [-0.4, -0.2) is 45.0 Å². The molecular weight excluding hydrogens is 346 g/mol. The molecule has 1 fully saturated rings. The number of carbonyl (C=O) groups excluding carboxylic acids is 1. The van der Waals surface area contributed by atoms with Crippen molar-refractivity contribution in [3.05, 3.63) is 58.4 Å². The van der Waals surface area contributed by atoms with Gasteiger partial charge in [-0.15, -0.1) is 0 Å². The first-order valence-corrected chi connectivity index (χ1v) is 9.58. The first-order chi connectivity index (χ1) is 12.6. The molecule has 26 heavy (non-hydrogen) atoms. The minimum absolute atomic E-state index is 0.0152. The minimum atomic E-state index is -0.0767. The molecule has 1 aliphatic heterocycles. The van der Waals surface area contributed by atoms with Crippen LogP contribution in [0, 0.1) is 6.92 Å². The fourth-order valence-electron chi connectivity index (χ4n) is 3.39. The Balaban J connectivity index is 1.64. The van der Waals surface area contributed by atoms with Crippen LogP contribution in [0.5, 0.6) is 0 Å². The van der Waals surface area contributed by atoms with Crippen LogP contribution in [0.4, 0.5) is 0 Å². The zero-order valence-corrected chi connectivity index (χ0v) is 15.7. The Hall–Kier alpha value is -2.51. The molecule has 0 saturated carbocycles. The number of hydrogen-bond acceptors (Lipinski definition) is 5. The van der Waals surface area contributed by atoms with Gasteiger partial charge in [-0.2, -0.15) is 11.3 Å². The van der Waals surface area contributed by atoms with Crippen molar-refractivity contribution < 1.29 is 4.79 Å². The second-order valence-corrected chi connectivity index (χ2v) is 7.24. The molecular formula is C19H21N5OS. The number of carbonyl (C=O) groups is 1. The summed E-state index contributed by atoms with van der Waals surface area (Å²) in [7, 11) is 1.96. The van der Waals surface area contributed by atoms with Gasteiger partial charge in [0.1, 0.15) is 11.9 Å². The maximum atomic E-state index is 13.3. The molecule has 0 spiro atoms. The van der Waals surface area contributed by atoms with Gasteiger partial charge in [-0.25, -0.2) is 4.98 Å². The number of piperazine rings is 1. The number of aromatic nitrogens is 3. The molecule has 4 rings (SSSR count). The highest BCUT2D eigenvalue weighted by Gasteiger charge is 2.31.